The number of piperidine rings is 1. The number of amides is 1. The quantitative estimate of drug-likeness (QED) is 0.610. The van der Waals surface area contributed by atoms with E-state index < -0.39 is 5.41 Å². The maximum absolute atomic E-state index is 12.3. The zero-order valence-corrected chi connectivity index (χ0v) is 10.8. The molecule has 1 rings (SSSR count). The second kappa shape index (κ2) is 6.93. The average molecular weight is 244 g/mol. The van der Waals surface area contributed by atoms with Crippen LogP contribution >= 0.6 is 0 Å². The van der Waals surface area contributed by atoms with Crippen LogP contribution in [0.3, 0.4) is 0 Å². The largest absolute Gasteiger partial charge is 0.396 e. The Bertz CT molecular complexity index is 234. The molecule has 0 radical (unpaired) electrons. The van der Waals surface area contributed by atoms with Gasteiger partial charge >= 0.3 is 0 Å². The summed E-state index contributed by atoms with van der Waals surface area (Å²) in [6, 6.07) is 0.0103. The predicted molar refractivity (Wildman–Crippen MR) is 65.7 cm³/mol. The molecule has 3 N–H and O–H groups in total. The van der Waals surface area contributed by atoms with Gasteiger partial charge in [-0.3, -0.25) is 4.79 Å². The zero-order valence-electron chi connectivity index (χ0n) is 10.8. The lowest BCUT2D eigenvalue weighted by atomic mass is 9.78. The minimum absolute atomic E-state index is 0.0103. The fourth-order valence-corrected chi connectivity index (χ4v) is 2.26. The van der Waals surface area contributed by atoms with Gasteiger partial charge in [-0.2, -0.15) is 0 Å². The van der Waals surface area contributed by atoms with E-state index in [1.807, 2.05) is 6.92 Å². The number of aliphatic hydroxyl groups is 1. The maximum atomic E-state index is 12.3. The van der Waals surface area contributed by atoms with Gasteiger partial charge in [0.1, 0.15) is 0 Å². The molecule has 1 atom stereocenters. The first kappa shape index (κ1) is 14.4. The van der Waals surface area contributed by atoms with Crippen molar-refractivity contribution in [3.05, 3.63) is 0 Å². The first-order chi connectivity index (χ1) is 8.14. The van der Waals surface area contributed by atoms with Crippen LogP contribution in [0.1, 0.15) is 26.2 Å². The molecule has 17 heavy (non-hydrogen) atoms. The summed E-state index contributed by atoms with van der Waals surface area (Å²) in [4.78, 5) is 12.3. The lowest BCUT2D eigenvalue weighted by Crippen LogP contribution is -2.52. The summed E-state index contributed by atoms with van der Waals surface area (Å²) < 4.78 is 5.21. The molecule has 0 aromatic carbocycles. The molecular formula is C12H24N2O3. The fourth-order valence-electron chi connectivity index (χ4n) is 2.26. The molecule has 100 valence electrons. The molecule has 0 bridgehead atoms. The van der Waals surface area contributed by atoms with Crippen LogP contribution in [-0.2, 0) is 9.53 Å². The lowest BCUT2D eigenvalue weighted by Gasteiger charge is -2.36. The highest BCUT2D eigenvalue weighted by atomic mass is 16.5. The van der Waals surface area contributed by atoms with Gasteiger partial charge in [-0.1, -0.05) is 0 Å². The van der Waals surface area contributed by atoms with Crippen LogP contribution in [-0.4, -0.2) is 50.5 Å². The zero-order chi connectivity index (χ0) is 12.7. The van der Waals surface area contributed by atoms with E-state index >= 15 is 0 Å². The van der Waals surface area contributed by atoms with Crippen LogP contribution in [0, 0.1) is 5.41 Å². The number of rotatable bonds is 6. The molecule has 1 unspecified atom stereocenters. The second-order valence-corrected chi connectivity index (χ2v) is 4.85. The summed E-state index contributed by atoms with van der Waals surface area (Å²) >= 11 is 0. The van der Waals surface area contributed by atoms with Crippen molar-refractivity contribution in [2.45, 2.75) is 32.2 Å². The van der Waals surface area contributed by atoms with Gasteiger partial charge in [-0.15, -0.1) is 0 Å². The predicted octanol–water partition coefficient (Wildman–Crippen LogP) is -0.110. The van der Waals surface area contributed by atoms with Crippen molar-refractivity contribution in [1.29, 1.82) is 0 Å². The third-order valence-corrected chi connectivity index (χ3v) is 3.40. The molecule has 1 amide bonds. The van der Waals surface area contributed by atoms with Crippen molar-refractivity contribution in [2.75, 3.05) is 33.4 Å². The van der Waals surface area contributed by atoms with Crippen molar-refractivity contribution in [3.8, 4) is 0 Å². The molecule has 0 aliphatic carbocycles. The van der Waals surface area contributed by atoms with E-state index in [9.17, 15) is 4.79 Å². The Morgan fingerprint density at radius 2 is 2.18 bits per heavy atom. The smallest absolute Gasteiger partial charge is 0.228 e. The van der Waals surface area contributed by atoms with Gasteiger partial charge in [-0.05, 0) is 39.3 Å². The first-order valence-corrected chi connectivity index (χ1v) is 6.26. The molecule has 5 nitrogen and oxygen atoms in total. The van der Waals surface area contributed by atoms with Crippen molar-refractivity contribution in [2.24, 2.45) is 5.41 Å². The monoisotopic (exact) mass is 244 g/mol. The number of methoxy groups -OCH3 is 1. The van der Waals surface area contributed by atoms with E-state index in [0.717, 1.165) is 25.9 Å². The van der Waals surface area contributed by atoms with Crippen LogP contribution < -0.4 is 10.6 Å². The summed E-state index contributed by atoms with van der Waals surface area (Å²) in [5, 5.41) is 15.1. The summed E-state index contributed by atoms with van der Waals surface area (Å²) in [5.41, 5.74) is -0.399. The number of hydrogen-bond donors (Lipinski definition) is 3. The molecule has 1 saturated heterocycles. The van der Waals surface area contributed by atoms with Gasteiger partial charge in [0, 0.05) is 19.8 Å². The summed E-state index contributed by atoms with van der Waals surface area (Å²) in [6.45, 7) is 4.18. The van der Waals surface area contributed by atoms with E-state index in [1.54, 1.807) is 7.11 Å². The minimum atomic E-state index is -0.399. The highest BCUT2D eigenvalue weighted by molar-refractivity contribution is 5.83. The van der Waals surface area contributed by atoms with Crippen molar-refractivity contribution in [1.82, 2.24) is 10.6 Å². The SMILES string of the molecule is COCC1(C(=O)NC(C)CCO)CCNCC1. The van der Waals surface area contributed by atoms with E-state index in [0.29, 0.717) is 13.0 Å². The highest BCUT2D eigenvalue weighted by Gasteiger charge is 2.39. The molecule has 1 aliphatic rings. The van der Waals surface area contributed by atoms with Crippen LogP contribution in [0.15, 0.2) is 0 Å². The minimum Gasteiger partial charge on any atom is -0.396 e. The molecule has 5 heteroatoms. The van der Waals surface area contributed by atoms with E-state index in [-0.39, 0.29) is 18.6 Å². The van der Waals surface area contributed by atoms with E-state index in [2.05, 4.69) is 10.6 Å². The Morgan fingerprint density at radius 1 is 1.53 bits per heavy atom. The Morgan fingerprint density at radius 3 is 2.71 bits per heavy atom. The number of ether oxygens (including phenoxy) is 1. The molecule has 0 saturated carbocycles. The molecule has 1 fully saturated rings. The third kappa shape index (κ3) is 3.94. The third-order valence-electron chi connectivity index (χ3n) is 3.40. The van der Waals surface area contributed by atoms with Crippen molar-refractivity contribution in [3.63, 3.8) is 0 Å². The van der Waals surface area contributed by atoms with Gasteiger partial charge in [0.25, 0.3) is 0 Å². The Balaban J connectivity index is 2.59. The van der Waals surface area contributed by atoms with Gasteiger partial charge in [-0.25, -0.2) is 0 Å². The van der Waals surface area contributed by atoms with Crippen molar-refractivity contribution < 1.29 is 14.6 Å². The Hall–Kier alpha value is -0.650. The standard InChI is InChI=1S/C12H24N2O3/c1-10(3-8-15)14-11(16)12(9-17-2)4-6-13-7-5-12/h10,13,15H,3-9H2,1-2H3,(H,14,16). The average Bonchev–Trinajstić information content (AvgIpc) is 2.30. The lowest BCUT2D eigenvalue weighted by molar-refractivity contribution is -0.136. The molecule has 0 aromatic heterocycles. The number of carbonyl (C=O) groups excluding carboxylic acids is 1. The number of aliphatic hydroxyl groups excluding tert-OH is 1. The Labute approximate surface area is 103 Å². The second-order valence-electron chi connectivity index (χ2n) is 4.85. The normalized spacial score (nSPS) is 20.9. The van der Waals surface area contributed by atoms with Gasteiger partial charge < -0.3 is 20.5 Å². The van der Waals surface area contributed by atoms with Gasteiger partial charge in [0.05, 0.1) is 12.0 Å². The molecule has 0 aromatic rings. The Kier molecular flexibility index (Phi) is 5.88. The van der Waals surface area contributed by atoms with Crippen LogP contribution in [0.4, 0.5) is 0 Å². The number of hydrogen-bond acceptors (Lipinski definition) is 4. The summed E-state index contributed by atoms with van der Waals surface area (Å²) in [5.74, 6) is 0.0572. The summed E-state index contributed by atoms with van der Waals surface area (Å²) in [7, 11) is 1.63. The van der Waals surface area contributed by atoms with Crippen LogP contribution in [0.2, 0.25) is 0 Å². The van der Waals surface area contributed by atoms with Crippen LogP contribution in [0.25, 0.3) is 0 Å². The topological polar surface area (TPSA) is 70.6 Å². The highest BCUT2D eigenvalue weighted by Crippen LogP contribution is 2.29. The first-order valence-electron chi connectivity index (χ1n) is 6.26. The van der Waals surface area contributed by atoms with Gasteiger partial charge in [0.15, 0.2) is 0 Å². The van der Waals surface area contributed by atoms with E-state index in [1.165, 1.54) is 0 Å². The van der Waals surface area contributed by atoms with Crippen molar-refractivity contribution >= 4 is 5.91 Å². The molecular weight excluding hydrogens is 220 g/mol. The maximum Gasteiger partial charge on any atom is 0.228 e. The number of nitrogens with one attached hydrogen (secondary N) is 2. The number of carbonyl (C=O) groups is 1. The van der Waals surface area contributed by atoms with Crippen LogP contribution in [0.5, 0.6) is 0 Å². The van der Waals surface area contributed by atoms with E-state index in [4.69, 9.17) is 9.84 Å². The fraction of sp³-hybridized carbons (Fsp3) is 0.917. The van der Waals surface area contributed by atoms with Gasteiger partial charge in [0.2, 0.25) is 5.91 Å². The summed E-state index contributed by atoms with van der Waals surface area (Å²) in [6.07, 6.45) is 2.20. The molecule has 1 aliphatic heterocycles. The molecule has 1 heterocycles. The molecule has 0 spiro atoms.